The van der Waals surface area contributed by atoms with Crippen LogP contribution in [0.25, 0.3) is 6.20 Å². The van der Waals surface area contributed by atoms with E-state index in [-0.39, 0.29) is 22.7 Å². The highest BCUT2D eigenvalue weighted by molar-refractivity contribution is 6.31. The van der Waals surface area contributed by atoms with Crippen molar-refractivity contribution in [3.8, 4) is 0 Å². The van der Waals surface area contributed by atoms with Crippen LogP contribution in [0.15, 0.2) is 70.7 Å². The van der Waals surface area contributed by atoms with Crippen LogP contribution in [-0.4, -0.2) is 25.4 Å². The van der Waals surface area contributed by atoms with E-state index in [1.807, 2.05) is 6.92 Å². The molecule has 1 aromatic carbocycles. The molecule has 2 atom stereocenters. The highest BCUT2D eigenvalue weighted by Crippen LogP contribution is 2.56. The SMILES string of the molecule is C/C=C/N=C(/C=C/n1c(C)cc(C2CC2c2cccc(C(F)(F)F)c2)c(Cl)c1=O)c1ccnc(C(C)(C)O)n1. The molecule has 3 aromatic rings. The average Bonchev–Trinajstić information content (AvgIpc) is 3.68. The summed E-state index contributed by atoms with van der Waals surface area (Å²) in [5.74, 6) is -0.0570. The van der Waals surface area contributed by atoms with Crippen LogP contribution < -0.4 is 5.56 Å². The number of benzene rings is 1. The van der Waals surface area contributed by atoms with Gasteiger partial charge in [0.05, 0.1) is 17.0 Å². The summed E-state index contributed by atoms with van der Waals surface area (Å²) in [6, 6.07) is 8.73. The van der Waals surface area contributed by atoms with Gasteiger partial charge in [-0.25, -0.2) is 9.97 Å². The summed E-state index contributed by atoms with van der Waals surface area (Å²) in [6.07, 6.45) is 4.19. The number of hydrogen-bond donors (Lipinski definition) is 1. The molecule has 39 heavy (non-hydrogen) atoms. The van der Waals surface area contributed by atoms with E-state index in [2.05, 4.69) is 15.0 Å². The Labute approximate surface area is 229 Å². The average molecular weight is 557 g/mol. The first-order valence-electron chi connectivity index (χ1n) is 12.3. The van der Waals surface area contributed by atoms with Gasteiger partial charge in [-0.2, -0.15) is 13.2 Å². The van der Waals surface area contributed by atoms with E-state index in [1.54, 1.807) is 63.5 Å². The van der Waals surface area contributed by atoms with Crippen molar-refractivity contribution >= 4 is 23.5 Å². The van der Waals surface area contributed by atoms with Crippen molar-refractivity contribution in [2.24, 2.45) is 4.99 Å². The molecule has 1 saturated carbocycles. The Balaban J connectivity index is 1.64. The summed E-state index contributed by atoms with van der Waals surface area (Å²) in [6.45, 7) is 6.72. The van der Waals surface area contributed by atoms with Gasteiger partial charge in [-0.1, -0.05) is 35.9 Å². The lowest BCUT2D eigenvalue weighted by Crippen LogP contribution is -2.21. The highest BCUT2D eigenvalue weighted by Gasteiger charge is 2.42. The van der Waals surface area contributed by atoms with Gasteiger partial charge < -0.3 is 5.11 Å². The van der Waals surface area contributed by atoms with E-state index in [9.17, 15) is 23.1 Å². The van der Waals surface area contributed by atoms with Crippen LogP contribution in [0.4, 0.5) is 13.2 Å². The minimum absolute atomic E-state index is 0.0306. The van der Waals surface area contributed by atoms with Crippen LogP contribution in [0.3, 0.4) is 0 Å². The fourth-order valence-corrected chi connectivity index (χ4v) is 4.63. The third kappa shape index (κ3) is 6.37. The van der Waals surface area contributed by atoms with E-state index >= 15 is 0 Å². The summed E-state index contributed by atoms with van der Waals surface area (Å²) in [4.78, 5) is 26.2. The third-order valence-electron chi connectivity index (χ3n) is 6.45. The Morgan fingerprint density at radius 3 is 2.62 bits per heavy atom. The maximum atomic E-state index is 13.2. The second-order valence-electron chi connectivity index (χ2n) is 9.94. The van der Waals surface area contributed by atoms with Crippen LogP contribution in [0.5, 0.6) is 0 Å². The highest BCUT2D eigenvalue weighted by atomic mass is 35.5. The van der Waals surface area contributed by atoms with Gasteiger partial charge in [0.15, 0.2) is 5.82 Å². The standard InChI is InChI=1S/C29H28ClF3N4O2/c1-5-11-34-23(24-9-12-35-27(36-24)28(3,4)39)10-13-37-17(2)14-22(25(30)26(37)38)21-16-20(21)18-7-6-8-19(15-18)29(31,32)33/h5-15,20-21,39H,16H2,1-4H3/b11-5+,13-10+,34-23-. The Hall–Kier alpha value is -3.56. The molecule has 0 aliphatic heterocycles. The van der Waals surface area contributed by atoms with Crippen molar-refractivity contribution in [3.05, 3.63) is 110 Å². The van der Waals surface area contributed by atoms with Gasteiger partial charge in [0.2, 0.25) is 0 Å². The predicted molar refractivity (Wildman–Crippen MR) is 146 cm³/mol. The van der Waals surface area contributed by atoms with Crippen LogP contribution >= 0.6 is 11.6 Å². The Kier molecular flexibility index (Phi) is 7.95. The summed E-state index contributed by atoms with van der Waals surface area (Å²) >= 11 is 6.51. The van der Waals surface area contributed by atoms with E-state index in [0.717, 1.165) is 12.1 Å². The third-order valence-corrected chi connectivity index (χ3v) is 6.83. The maximum Gasteiger partial charge on any atom is 0.416 e. The molecular weight excluding hydrogens is 529 g/mol. The number of aliphatic hydroxyl groups is 1. The van der Waals surface area contributed by atoms with Crippen molar-refractivity contribution in [1.29, 1.82) is 0 Å². The molecule has 6 nitrogen and oxygen atoms in total. The molecule has 0 bridgehead atoms. The molecule has 2 aromatic heterocycles. The lowest BCUT2D eigenvalue weighted by molar-refractivity contribution is -0.137. The second-order valence-corrected chi connectivity index (χ2v) is 10.3. The number of rotatable bonds is 7. The quantitative estimate of drug-likeness (QED) is 0.332. The van der Waals surface area contributed by atoms with Crippen LogP contribution in [-0.2, 0) is 11.8 Å². The number of halogens is 4. The molecular formula is C29H28ClF3N4O2. The Morgan fingerprint density at radius 2 is 1.95 bits per heavy atom. The summed E-state index contributed by atoms with van der Waals surface area (Å²) in [7, 11) is 0. The van der Waals surface area contributed by atoms with Crippen LogP contribution in [0, 0.1) is 6.92 Å². The molecule has 1 N–H and O–H groups in total. The topological polar surface area (TPSA) is 80.4 Å². The Bertz CT molecular complexity index is 1530. The number of pyridine rings is 1. The monoisotopic (exact) mass is 556 g/mol. The number of aryl methyl sites for hydroxylation is 1. The summed E-state index contributed by atoms with van der Waals surface area (Å²) in [5, 5.41) is 10.3. The number of aromatic nitrogens is 3. The Morgan fingerprint density at radius 1 is 1.21 bits per heavy atom. The van der Waals surface area contributed by atoms with Gasteiger partial charge in [-0.3, -0.25) is 14.4 Å². The van der Waals surface area contributed by atoms with Gasteiger partial charge >= 0.3 is 6.18 Å². The van der Waals surface area contributed by atoms with Crippen molar-refractivity contribution in [1.82, 2.24) is 14.5 Å². The molecule has 0 amide bonds. The fourth-order valence-electron chi connectivity index (χ4n) is 4.35. The van der Waals surface area contributed by atoms with Gasteiger partial charge in [-0.05, 0) is 81.4 Å². The van der Waals surface area contributed by atoms with Crippen molar-refractivity contribution in [2.75, 3.05) is 0 Å². The molecule has 2 unspecified atom stereocenters. The first kappa shape index (κ1) is 28.4. The number of alkyl halides is 3. The van der Waals surface area contributed by atoms with Crippen molar-refractivity contribution < 1.29 is 18.3 Å². The van der Waals surface area contributed by atoms with Crippen LogP contribution in [0.1, 0.15) is 72.9 Å². The normalized spacial score (nSPS) is 18.3. The van der Waals surface area contributed by atoms with Crippen molar-refractivity contribution in [2.45, 2.75) is 57.7 Å². The molecule has 1 aliphatic carbocycles. The number of nitrogens with zero attached hydrogens (tertiary/aromatic N) is 4. The second kappa shape index (κ2) is 10.9. The van der Waals surface area contributed by atoms with E-state index < -0.39 is 22.9 Å². The molecule has 10 heteroatoms. The van der Waals surface area contributed by atoms with Crippen molar-refractivity contribution in [3.63, 3.8) is 0 Å². The first-order chi connectivity index (χ1) is 18.3. The first-order valence-corrected chi connectivity index (χ1v) is 12.7. The lowest BCUT2D eigenvalue weighted by atomic mass is 10.0. The van der Waals surface area contributed by atoms with Gasteiger partial charge in [0.25, 0.3) is 5.56 Å². The minimum atomic E-state index is -4.42. The molecule has 204 valence electrons. The number of aliphatic imine (C=N–C) groups is 1. The van der Waals surface area contributed by atoms with Gasteiger partial charge in [0, 0.05) is 24.3 Å². The smallest absolute Gasteiger partial charge is 0.382 e. The number of allylic oxidation sites excluding steroid dienone is 2. The fraction of sp³-hybridized carbons (Fsp3) is 0.310. The minimum Gasteiger partial charge on any atom is -0.382 e. The molecule has 0 spiro atoms. The molecule has 1 aliphatic rings. The van der Waals surface area contributed by atoms with E-state index in [0.29, 0.717) is 34.6 Å². The zero-order chi connectivity index (χ0) is 28.5. The molecule has 4 rings (SSSR count). The van der Waals surface area contributed by atoms with E-state index in [4.69, 9.17) is 11.6 Å². The van der Waals surface area contributed by atoms with Gasteiger partial charge in [0.1, 0.15) is 10.6 Å². The summed E-state index contributed by atoms with van der Waals surface area (Å²) < 4.78 is 40.9. The van der Waals surface area contributed by atoms with E-state index in [1.165, 1.54) is 16.8 Å². The lowest BCUT2D eigenvalue weighted by Gasteiger charge is -2.15. The predicted octanol–water partition coefficient (Wildman–Crippen LogP) is 6.61. The molecule has 0 saturated heterocycles. The zero-order valence-electron chi connectivity index (χ0n) is 21.9. The zero-order valence-corrected chi connectivity index (χ0v) is 22.6. The maximum absolute atomic E-state index is 13.2. The van der Waals surface area contributed by atoms with Crippen LogP contribution in [0.2, 0.25) is 5.02 Å². The van der Waals surface area contributed by atoms with Gasteiger partial charge in [-0.15, -0.1) is 0 Å². The largest absolute Gasteiger partial charge is 0.416 e. The molecule has 2 heterocycles. The molecule has 0 radical (unpaired) electrons. The summed E-state index contributed by atoms with van der Waals surface area (Å²) in [5.41, 5.74) is 0.302. The molecule has 1 fully saturated rings. The number of hydrogen-bond acceptors (Lipinski definition) is 5.